The molecule has 0 fully saturated rings. The molecular weight excluding hydrogens is 1380 g/mol. The van der Waals surface area contributed by atoms with Crippen molar-refractivity contribution in [1.29, 1.82) is 0 Å². The minimum atomic E-state index is -4.97. The fourth-order valence-electron chi connectivity index (χ4n) is 13.7. The van der Waals surface area contributed by atoms with Gasteiger partial charge in [0.25, 0.3) is 0 Å². The lowest BCUT2D eigenvalue weighted by atomic mass is 10.0. The first-order chi connectivity index (χ1) is 51.7. The Hall–Kier alpha value is -1.94. The Morgan fingerprint density at radius 1 is 0.226 bits per heavy atom. The van der Waals surface area contributed by atoms with Crippen LogP contribution in [0.25, 0.3) is 0 Å². The summed E-state index contributed by atoms with van der Waals surface area (Å²) < 4.78 is 69.0. The van der Waals surface area contributed by atoms with Gasteiger partial charge in [-0.15, -0.1) is 0 Å². The quantitative estimate of drug-likeness (QED) is 0.0222. The van der Waals surface area contributed by atoms with Crippen LogP contribution in [0.2, 0.25) is 0 Å². The van der Waals surface area contributed by atoms with Gasteiger partial charge in [0.1, 0.15) is 19.3 Å². The second-order valence-corrected chi connectivity index (χ2v) is 34.2. The normalized spacial score (nSPS) is 13.7. The van der Waals surface area contributed by atoms with Crippen LogP contribution in [0.15, 0.2) is 0 Å². The first kappa shape index (κ1) is 104. The van der Waals surface area contributed by atoms with Gasteiger partial charge in [-0.3, -0.25) is 37.3 Å². The lowest BCUT2D eigenvalue weighted by Gasteiger charge is -2.21. The Morgan fingerprint density at radius 2 is 0.377 bits per heavy atom. The van der Waals surface area contributed by atoms with Crippen molar-refractivity contribution in [3.63, 3.8) is 0 Å². The number of carbonyl (C=O) groups excluding carboxylic acids is 4. The molecule has 0 aromatic rings. The average molecular weight is 1550 g/mol. The van der Waals surface area contributed by atoms with Gasteiger partial charge >= 0.3 is 39.5 Å². The molecule has 19 heteroatoms. The molecule has 0 heterocycles. The highest BCUT2D eigenvalue weighted by atomic mass is 31.2. The highest BCUT2D eigenvalue weighted by molar-refractivity contribution is 7.47. The lowest BCUT2D eigenvalue weighted by Crippen LogP contribution is -2.30. The summed E-state index contributed by atoms with van der Waals surface area (Å²) in [4.78, 5) is 73.3. The standard InChI is InChI=1S/C87H170O17P2/c1-5-9-13-17-21-25-29-33-36-38-39-40-41-43-46-50-54-58-62-66-70-74-87(92)104-83(78-98-85(90)72-68-64-60-56-52-48-45-42-37-34-30-26-22-18-14-10-6-2)80-102-106(95,96)100-76-81(88)75-99-105(93,94)101-79-82(77-97-84(89)71-67-63-59-55-51-47-32-28-24-20-16-12-8-4)103-86(91)73-69-65-61-57-53-49-44-35-31-27-23-19-15-11-7-3/h81-83,88H,5-80H2,1-4H3,(H,93,94)(H,95,96)/t81-,82+,83+/m0/s1. The lowest BCUT2D eigenvalue weighted by molar-refractivity contribution is -0.161. The number of phosphoric ester groups is 2. The number of ether oxygens (including phenoxy) is 4. The number of esters is 4. The number of unbranched alkanes of at least 4 members (excludes halogenated alkanes) is 62. The topological polar surface area (TPSA) is 237 Å². The molecule has 630 valence electrons. The first-order valence-corrected chi connectivity index (χ1v) is 48.3. The third-order valence-corrected chi connectivity index (χ3v) is 22.5. The molecular formula is C87H170O17P2. The van der Waals surface area contributed by atoms with Crippen molar-refractivity contribution in [2.24, 2.45) is 0 Å². The Kier molecular flexibility index (Phi) is 79.6. The van der Waals surface area contributed by atoms with E-state index in [0.29, 0.717) is 25.7 Å². The van der Waals surface area contributed by atoms with Crippen molar-refractivity contribution >= 4 is 39.5 Å². The van der Waals surface area contributed by atoms with Gasteiger partial charge in [-0.2, -0.15) is 0 Å². The number of rotatable bonds is 88. The zero-order valence-corrected chi connectivity index (χ0v) is 71.2. The van der Waals surface area contributed by atoms with Crippen molar-refractivity contribution < 1.29 is 80.2 Å². The molecule has 0 aliphatic rings. The number of aliphatic hydroxyl groups excluding tert-OH is 1. The number of aliphatic hydroxyl groups is 1. The van der Waals surface area contributed by atoms with Crippen molar-refractivity contribution in [2.45, 2.75) is 495 Å². The summed E-state index contributed by atoms with van der Waals surface area (Å²) >= 11 is 0. The summed E-state index contributed by atoms with van der Waals surface area (Å²) in [5, 5.41) is 10.7. The van der Waals surface area contributed by atoms with Gasteiger partial charge in [0.2, 0.25) is 0 Å². The third kappa shape index (κ3) is 80.1. The molecule has 106 heavy (non-hydrogen) atoms. The highest BCUT2D eigenvalue weighted by Gasteiger charge is 2.30. The molecule has 5 atom stereocenters. The molecule has 2 unspecified atom stereocenters. The third-order valence-electron chi connectivity index (χ3n) is 20.6. The zero-order chi connectivity index (χ0) is 77.4. The van der Waals surface area contributed by atoms with Gasteiger partial charge in [0, 0.05) is 25.7 Å². The van der Waals surface area contributed by atoms with E-state index in [2.05, 4.69) is 27.7 Å². The fourth-order valence-corrected chi connectivity index (χ4v) is 15.3. The largest absolute Gasteiger partial charge is 0.472 e. The monoisotopic (exact) mass is 1550 g/mol. The average Bonchev–Trinajstić information content (AvgIpc) is 0.906. The zero-order valence-electron chi connectivity index (χ0n) is 69.4. The van der Waals surface area contributed by atoms with E-state index in [-0.39, 0.29) is 25.7 Å². The van der Waals surface area contributed by atoms with E-state index >= 15 is 0 Å². The Balaban J connectivity index is 5.25. The summed E-state index contributed by atoms with van der Waals surface area (Å²) in [7, 11) is -9.93. The molecule has 17 nitrogen and oxygen atoms in total. The van der Waals surface area contributed by atoms with Crippen molar-refractivity contribution in [3.05, 3.63) is 0 Å². The molecule has 0 aromatic heterocycles. The number of phosphoric acid groups is 2. The van der Waals surface area contributed by atoms with Crippen LogP contribution in [-0.2, 0) is 65.4 Å². The Bertz CT molecular complexity index is 2000. The molecule has 0 rings (SSSR count). The Morgan fingerprint density at radius 3 is 0.557 bits per heavy atom. The molecule has 3 N–H and O–H groups in total. The van der Waals surface area contributed by atoms with Crippen molar-refractivity contribution in [2.75, 3.05) is 39.6 Å². The predicted molar refractivity (Wildman–Crippen MR) is 437 cm³/mol. The maximum atomic E-state index is 13.2. The molecule has 0 amide bonds. The van der Waals surface area contributed by atoms with Gasteiger partial charge in [0.05, 0.1) is 26.4 Å². The van der Waals surface area contributed by atoms with E-state index in [0.717, 1.165) is 89.9 Å². The van der Waals surface area contributed by atoms with Gasteiger partial charge in [-0.05, 0) is 25.7 Å². The highest BCUT2D eigenvalue weighted by Crippen LogP contribution is 2.45. The second kappa shape index (κ2) is 81.1. The molecule has 0 aliphatic carbocycles. The van der Waals surface area contributed by atoms with E-state index in [9.17, 15) is 43.2 Å². The van der Waals surface area contributed by atoms with Crippen LogP contribution in [-0.4, -0.2) is 96.7 Å². The Labute approximate surface area is 651 Å². The number of carbonyl (C=O) groups is 4. The molecule has 0 spiro atoms. The molecule has 0 radical (unpaired) electrons. The van der Waals surface area contributed by atoms with Crippen LogP contribution >= 0.6 is 15.6 Å². The number of hydrogen-bond donors (Lipinski definition) is 3. The molecule has 0 saturated carbocycles. The van der Waals surface area contributed by atoms with Crippen LogP contribution in [0.5, 0.6) is 0 Å². The van der Waals surface area contributed by atoms with E-state index in [1.165, 1.54) is 308 Å². The molecule has 0 saturated heterocycles. The van der Waals surface area contributed by atoms with Crippen molar-refractivity contribution in [3.8, 4) is 0 Å². The summed E-state index contributed by atoms with van der Waals surface area (Å²) in [5.41, 5.74) is 0. The maximum Gasteiger partial charge on any atom is 0.472 e. The first-order valence-electron chi connectivity index (χ1n) is 45.3. The van der Waals surface area contributed by atoms with E-state index in [1.54, 1.807) is 0 Å². The predicted octanol–water partition coefficient (Wildman–Crippen LogP) is 26.9. The molecule has 0 bridgehead atoms. The van der Waals surface area contributed by atoms with Crippen LogP contribution < -0.4 is 0 Å². The molecule has 0 aromatic carbocycles. The minimum Gasteiger partial charge on any atom is -0.462 e. The molecule has 0 aliphatic heterocycles. The minimum absolute atomic E-state index is 0.109. The summed E-state index contributed by atoms with van der Waals surface area (Å²) in [6, 6.07) is 0. The summed E-state index contributed by atoms with van der Waals surface area (Å²) in [5.74, 6) is -2.09. The SMILES string of the molecule is CCCCCCCCCCCCCCCCCCCCCCCC(=O)O[C@H](COC(=O)CCCCCCCCCCCCCCCCCCC)COP(=O)(O)OC[C@@H](O)COP(=O)(O)OC[C@@H](COC(=O)CCCCCCCCCCCCCCC)OC(=O)CCCCCCCCCCCCCCCCC. The smallest absolute Gasteiger partial charge is 0.462 e. The van der Waals surface area contributed by atoms with Crippen LogP contribution in [0.4, 0.5) is 0 Å². The number of hydrogen-bond acceptors (Lipinski definition) is 15. The van der Waals surface area contributed by atoms with Gasteiger partial charge < -0.3 is 33.8 Å². The van der Waals surface area contributed by atoms with Gasteiger partial charge in [0.15, 0.2) is 12.2 Å². The van der Waals surface area contributed by atoms with Crippen LogP contribution in [0.3, 0.4) is 0 Å². The van der Waals surface area contributed by atoms with Crippen LogP contribution in [0, 0.1) is 0 Å². The second-order valence-electron chi connectivity index (χ2n) is 31.3. The summed E-state index contributed by atoms with van der Waals surface area (Å²) in [6.07, 6.45) is 76.3. The summed E-state index contributed by atoms with van der Waals surface area (Å²) in [6.45, 7) is 5.07. The van der Waals surface area contributed by atoms with Crippen LogP contribution in [0.1, 0.15) is 477 Å². The maximum absolute atomic E-state index is 13.2. The van der Waals surface area contributed by atoms with E-state index in [4.69, 9.17) is 37.0 Å². The van der Waals surface area contributed by atoms with E-state index in [1.807, 2.05) is 0 Å². The fraction of sp³-hybridized carbons (Fsp3) is 0.954. The van der Waals surface area contributed by atoms with Gasteiger partial charge in [-0.1, -0.05) is 426 Å². The van der Waals surface area contributed by atoms with E-state index < -0.39 is 97.5 Å². The van der Waals surface area contributed by atoms with Gasteiger partial charge in [-0.25, -0.2) is 9.13 Å². The van der Waals surface area contributed by atoms with Crippen molar-refractivity contribution in [1.82, 2.24) is 0 Å².